The van der Waals surface area contributed by atoms with Crippen LogP contribution >= 0.6 is 0 Å². The second-order valence-electron chi connectivity index (χ2n) is 6.35. The molecule has 1 saturated heterocycles. The van der Waals surface area contributed by atoms with Gasteiger partial charge in [-0.25, -0.2) is 0 Å². The number of nitrogens with zero attached hydrogens (tertiary/aromatic N) is 3. The Morgan fingerprint density at radius 1 is 1.35 bits per heavy atom. The molecule has 1 fully saturated rings. The van der Waals surface area contributed by atoms with Gasteiger partial charge in [0.25, 0.3) is 0 Å². The van der Waals surface area contributed by atoms with E-state index < -0.39 is 0 Å². The smallest absolute Gasteiger partial charge is 0.0538 e. The van der Waals surface area contributed by atoms with E-state index in [4.69, 9.17) is 5.73 Å². The molecule has 0 saturated carbocycles. The highest BCUT2D eigenvalue weighted by Gasteiger charge is 2.25. The second kappa shape index (κ2) is 7.23. The number of hydrogen-bond acceptors (Lipinski definition) is 3. The van der Waals surface area contributed by atoms with Crippen LogP contribution in [0.5, 0.6) is 0 Å². The van der Waals surface area contributed by atoms with Crippen molar-refractivity contribution >= 4 is 0 Å². The molecule has 0 aliphatic carbocycles. The summed E-state index contributed by atoms with van der Waals surface area (Å²) < 4.78 is 1.99. The summed E-state index contributed by atoms with van der Waals surface area (Å²) in [5.41, 5.74) is 7.33. The first kappa shape index (κ1) is 15.5. The summed E-state index contributed by atoms with van der Waals surface area (Å²) >= 11 is 0. The predicted molar refractivity (Wildman–Crippen MR) is 83.4 cm³/mol. The first-order chi connectivity index (χ1) is 9.65. The van der Waals surface area contributed by atoms with Crippen molar-refractivity contribution in [2.45, 2.75) is 52.6 Å². The van der Waals surface area contributed by atoms with Crippen LogP contribution in [-0.4, -0.2) is 34.3 Å². The van der Waals surface area contributed by atoms with Gasteiger partial charge in [0.2, 0.25) is 0 Å². The standard InChI is InChI=1S/C16H30N4/c1-4-20-12-15(11-18-20)16(10-17)19-8-5-6-14(7-9-19)13(2)3/h11-14,16H,4-10,17H2,1-3H3. The first-order valence-corrected chi connectivity index (χ1v) is 8.12. The summed E-state index contributed by atoms with van der Waals surface area (Å²) in [6.45, 7) is 10.8. The van der Waals surface area contributed by atoms with E-state index in [1.54, 1.807) is 0 Å². The molecule has 1 aromatic heterocycles. The molecule has 4 heteroatoms. The fourth-order valence-corrected chi connectivity index (χ4v) is 3.34. The van der Waals surface area contributed by atoms with Crippen LogP contribution < -0.4 is 5.73 Å². The van der Waals surface area contributed by atoms with Gasteiger partial charge in [0.05, 0.1) is 12.2 Å². The number of aryl methyl sites for hydroxylation is 1. The van der Waals surface area contributed by atoms with Gasteiger partial charge in [-0.05, 0) is 51.1 Å². The Labute approximate surface area is 123 Å². The zero-order chi connectivity index (χ0) is 14.5. The van der Waals surface area contributed by atoms with Crippen LogP contribution in [0.1, 0.15) is 51.6 Å². The Morgan fingerprint density at radius 3 is 2.75 bits per heavy atom. The molecule has 2 atom stereocenters. The van der Waals surface area contributed by atoms with E-state index >= 15 is 0 Å². The summed E-state index contributed by atoms with van der Waals surface area (Å²) in [7, 11) is 0. The van der Waals surface area contributed by atoms with Crippen LogP contribution in [0.2, 0.25) is 0 Å². The fraction of sp³-hybridized carbons (Fsp3) is 0.812. The molecule has 0 bridgehead atoms. The van der Waals surface area contributed by atoms with Crippen molar-refractivity contribution in [1.82, 2.24) is 14.7 Å². The molecule has 1 aliphatic heterocycles. The Balaban J connectivity index is 2.04. The van der Waals surface area contributed by atoms with Crippen LogP contribution in [0.15, 0.2) is 12.4 Å². The van der Waals surface area contributed by atoms with Gasteiger partial charge in [-0.2, -0.15) is 5.10 Å². The third kappa shape index (κ3) is 3.61. The lowest BCUT2D eigenvalue weighted by Crippen LogP contribution is -2.34. The van der Waals surface area contributed by atoms with Crippen LogP contribution in [-0.2, 0) is 6.54 Å². The molecule has 2 heterocycles. The summed E-state index contributed by atoms with van der Waals surface area (Å²) in [5, 5.41) is 4.40. The highest BCUT2D eigenvalue weighted by molar-refractivity contribution is 5.11. The summed E-state index contributed by atoms with van der Waals surface area (Å²) in [6.07, 6.45) is 8.10. The SMILES string of the molecule is CCn1cc(C(CN)N2CCCC(C(C)C)CC2)cn1. The number of nitrogens with two attached hydrogens (primary N) is 1. The van der Waals surface area contributed by atoms with Crippen LogP contribution in [0.3, 0.4) is 0 Å². The summed E-state index contributed by atoms with van der Waals surface area (Å²) in [5.74, 6) is 1.67. The quantitative estimate of drug-likeness (QED) is 0.900. The summed E-state index contributed by atoms with van der Waals surface area (Å²) in [6, 6.07) is 0.334. The van der Waals surface area contributed by atoms with E-state index in [0.29, 0.717) is 12.6 Å². The molecule has 0 spiro atoms. The highest BCUT2D eigenvalue weighted by Crippen LogP contribution is 2.28. The van der Waals surface area contributed by atoms with Gasteiger partial charge in [-0.1, -0.05) is 13.8 Å². The van der Waals surface area contributed by atoms with Crippen molar-refractivity contribution in [3.63, 3.8) is 0 Å². The Hall–Kier alpha value is -0.870. The Kier molecular flexibility index (Phi) is 5.61. The fourth-order valence-electron chi connectivity index (χ4n) is 3.34. The van der Waals surface area contributed by atoms with E-state index in [1.807, 2.05) is 10.9 Å². The van der Waals surface area contributed by atoms with Crippen molar-refractivity contribution < 1.29 is 0 Å². The maximum absolute atomic E-state index is 6.05. The molecule has 2 N–H and O–H groups in total. The van der Waals surface area contributed by atoms with Crippen molar-refractivity contribution in [1.29, 1.82) is 0 Å². The lowest BCUT2D eigenvalue weighted by molar-refractivity contribution is 0.204. The highest BCUT2D eigenvalue weighted by atomic mass is 15.3. The predicted octanol–water partition coefficient (Wildman–Crippen LogP) is 2.66. The zero-order valence-corrected chi connectivity index (χ0v) is 13.3. The number of hydrogen-bond donors (Lipinski definition) is 1. The molecular weight excluding hydrogens is 248 g/mol. The third-order valence-electron chi connectivity index (χ3n) is 4.78. The molecule has 1 aromatic rings. The molecule has 2 unspecified atom stereocenters. The number of rotatable bonds is 5. The summed E-state index contributed by atoms with van der Waals surface area (Å²) in [4.78, 5) is 2.57. The molecule has 1 aliphatic rings. The largest absolute Gasteiger partial charge is 0.329 e. The van der Waals surface area contributed by atoms with Gasteiger partial charge in [0.1, 0.15) is 0 Å². The van der Waals surface area contributed by atoms with E-state index in [2.05, 4.69) is 37.0 Å². The molecule has 20 heavy (non-hydrogen) atoms. The van der Waals surface area contributed by atoms with Gasteiger partial charge in [0.15, 0.2) is 0 Å². The molecular formula is C16H30N4. The van der Waals surface area contributed by atoms with Gasteiger partial charge in [-0.15, -0.1) is 0 Å². The molecule has 0 amide bonds. The maximum atomic E-state index is 6.05. The minimum absolute atomic E-state index is 0.334. The number of aromatic nitrogens is 2. The number of likely N-dealkylation sites (tertiary alicyclic amines) is 1. The van der Waals surface area contributed by atoms with Crippen molar-refractivity contribution in [2.24, 2.45) is 17.6 Å². The molecule has 2 rings (SSSR count). The average molecular weight is 278 g/mol. The topological polar surface area (TPSA) is 47.1 Å². The Morgan fingerprint density at radius 2 is 2.15 bits per heavy atom. The van der Waals surface area contributed by atoms with Crippen molar-refractivity contribution in [3.8, 4) is 0 Å². The van der Waals surface area contributed by atoms with E-state index in [0.717, 1.165) is 18.4 Å². The molecule has 4 nitrogen and oxygen atoms in total. The van der Waals surface area contributed by atoms with Crippen molar-refractivity contribution in [2.75, 3.05) is 19.6 Å². The second-order valence-corrected chi connectivity index (χ2v) is 6.35. The van der Waals surface area contributed by atoms with Gasteiger partial charge < -0.3 is 5.73 Å². The van der Waals surface area contributed by atoms with Crippen LogP contribution in [0.4, 0.5) is 0 Å². The van der Waals surface area contributed by atoms with Crippen LogP contribution in [0.25, 0.3) is 0 Å². The Bertz CT molecular complexity index is 399. The molecule has 114 valence electrons. The first-order valence-electron chi connectivity index (χ1n) is 8.12. The third-order valence-corrected chi connectivity index (χ3v) is 4.78. The van der Waals surface area contributed by atoms with Gasteiger partial charge in [-0.3, -0.25) is 9.58 Å². The minimum Gasteiger partial charge on any atom is -0.329 e. The lowest BCUT2D eigenvalue weighted by atomic mass is 9.89. The molecule has 0 radical (unpaired) electrons. The normalized spacial score (nSPS) is 22.9. The van der Waals surface area contributed by atoms with E-state index in [1.165, 1.54) is 37.9 Å². The van der Waals surface area contributed by atoms with E-state index in [9.17, 15) is 0 Å². The van der Waals surface area contributed by atoms with Crippen molar-refractivity contribution in [3.05, 3.63) is 18.0 Å². The van der Waals surface area contributed by atoms with E-state index in [-0.39, 0.29) is 0 Å². The van der Waals surface area contributed by atoms with Gasteiger partial charge in [0, 0.05) is 24.8 Å². The van der Waals surface area contributed by atoms with Gasteiger partial charge >= 0.3 is 0 Å². The van der Waals surface area contributed by atoms with Crippen LogP contribution in [0, 0.1) is 11.8 Å². The monoisotopic (exact) mass is 278 g/mol. The average Bonchev–Trinajstić information content (AvgIpc) is 2.77. The molecule has 0 aromatic carbocycles. The minimum atomic E-state index is 0.334. The lowest BCUT2D eigenvalue weighted by Gasteiger charge is -2.29. The maximum Gasteiger partial charge on any atom is 0.0538 e. The zero-order valence-electron chi connectivity index (χ0n) is 13.3.